The molecule has 5 rings (SSSR count). The first-order valence-electron chi connectivity index (χ1n) is 12.0. The van der Waals surface area contributed by atoms with Gasteiger partial charge in [0.05, 0.1) is 38.9 Å². The van der Waals surface area contributed by atoms with Crippen LogP contribution in [0.15, 0.2) is 47.4 Å². The Morgan fingerprint density at radius 2 is 1.69 bits per heavy atom. The summed E-state index contributed by atoms with van der Waals surface area (Å²) in [7, 11) is 4.43. The van der Waals surface area contributed by atoms with Crippen LogP contribution in [-0.2, 0) is 0 Å². The fourth-order valence-electron chi connectivity index (χ4n) is 4.30. The van der Waals surface area contributed by atoms with E-state index in [1.807, 2.05) is 32.0 Å². The number of aromatic nitrogens is 6. The molecule has 12 nitrogen and oxygen atoms in total. The second kappa shape index (κ2) is 9.97. The molecule has 0 saturated heterocycles. The van der Waals surface area contributed by atoms with Crippen molar-refractivity contribution < 1.29 is 19.0 Å². The number of benzene rings is 2. The summed E-state index contributed by atoms with van der Waals surface area (Å²) in [5, 5.41) is 12.0. The number of rotatable bonds is 7. The molecule has 0 aliphatic heterocycles. The van der Waals surface area contributed by atoms with Crippen molar-refractivity contribution in [3.8, 4) is 28.9 Å². The molecule has 0 radical (unpaired) electrons. The Morgan fingerprint density at radius 1 is 0.974 bits per heavy atom. The zero-order valence-electron chi connectivity index (χ0n) is 22.3. The number of fused-ring (bicyclic) bond motifs is 1. The van der Waals surface area contributed by atoms with Crippen molar-refractivity contribution >= 4 is 22.8 Å². The number of amides is 1. The van der Waals surface area contributed by atoms with Crippen molar-refractivity contribution in [1.82, 2.24) is 29.5 Å². The molecule has 5 aromatic rings. The highest BCUT2D eigenvalue weighted by molar-refractivity contribution is 6.04. The summed E-state index contributed by atoms with van der Waals surface area (Å²) in [6, 6.07) is 10.6. The SMILES string of the molecule is COc1cc(C(=O)Nc2cc(C)nn2-c2nc3c(cnn3-c3cccc(C)c3C)c(=O)[nH]2)cc(OC)c1OC. The van der Waals surface area contributed by atoms with Crippen LogP contribution in [0, 0.1) is 20.8 Å². The molecule has 1 amide bonds. The Hall–Kier alpha value is -5.13. The Bertz CT molecular complexity index is 1760. The number of carbonyl (C=O) groups excluding carboxylic acids is 1. The summed E-state index contributed by atoms with van der Waals surface area (Å²) in [5.74, 6) is 0.998. The van der Waals surface area contributed by atoms with Gasteiger partial charge in [0.25, 0.3) is 11.5 Å². The Labute approximate surface area is 223 Å². The van der Waals surface area contributed by atoms with Crippen LogP contribution in [0.3, 0.4) is 0 Å². The van der Waals surface area contributed by atoms with E-state index in [-0.39, 0.29) is 17.1 Å². The molecule has 12 heteroatoms. The maximum atomic E-state index is 13.3. The number of anilines is 1. The topological polar surface area (TPSA) is 138 Å². The number of hydrogen-bond acceptors (Lipinski definition) is 8. The van der Waals surface area contributed by atoms with Crippen molar-refractivity contribution in [2.45, 2.75) is 20.8 Å². The van der Waals surface area contributed by atoms with E-state index in [0.717, 1.165) is 16.8 Å². The Kier molecular flexibility index (Phi) is 6.52. The first-order chi connectivity index (χ1) is 18.7. The van der Waals surface area contributed by atoms with E-state index >= 15 is 0 Å². The van der Waals surface area contributed by atoms with Crippen LogP contribution in [0.25, 0.3) is 22.7 Å². The minimum Gasteiger partial charge on any atom is -0.493 e. The third-order valence-electron chi connectivity index (χ3n) is 6.43. The summed E-state index contributed by atoms with van der Waals surface area (Å²) < 4.78 is 19.1. The second-order valence-electron chi connectivity index (χ2n) is 8.85. The molecule has 2 aromatic carbocycles. The number of nitrogens with one attached hydrogen (secondary N) is 2. The predicted molar refractivity (Wildman–Crippen MR) is 145 cm³/mol. The number of ether oxygens (including phenoxy) is 3. The van der Waals surface area contributed by atoms with E-state index in [1.165, 1.54) is 32.2 Å². The lowest BCUT2D eigenvalue weighted by Crippen LogP contribution is -2.19. The van der Waals surface area contributed by atoms with Gasteiger partial charge in [0.15, 0.2) is 17.1 Å². The largest absolute Gasteiger partial charge is 0.493 e. The van der Waals surface area contributed by atoms with Gasteiger partial charge in [-0.25, -0.2) is 4.68 Å². The Morgan fingerprint density at radius 3 is 2.36 bits per heavy atom. The van der Waals surface area contributed by atoms with Crippen LogP contribution in [0.1, 0.15) is 27.2 Å². The van der Waals surface area contributed by atoms with Gasteiger partial charge < -0.3 is 19.5 Å². The molecule has 0 aliphatic rings. The molecule has 0 aliphatic carbocycles. The van der Waals surface area contributed by atoms with Gasteiger partial charge in [-0.05, 0) is 50.1 Å². The number of nitrogens with zero attached hydrogens (tertiary/aromatic N) is 5. The molecule has 0 bridgehead atoms. The molecule has 0 unspecified atom stereocenters. The maximum Gasteiger partial charge on any atom is 0.263 e. The highest BCUT2D eigenvalue weighted by Crippen LogP contribution is 2.38. The number of aryl methyl sites for hydroxylation is 2. The van der Waals surface area contributed by atoms with E-state index in [1.54, 1.807) is 29.8 Å². The van der Waals surface area contributed by atoms with E-state index in [4.69, 9.17) is 14.2 Å². The normalized spacial score (nSPS) is 11.0. The maximum absolute atomic E-state index is 13.3. The third-order valence-corrected chi connectivity index (χ3v) is 6.43. The fraction of sp³-hybridized carbons (Fsp3) is 0.222. The summed E-state index contributed by atoms with van der Waals surface area (Å²) in [6.07, 6.45) is 1.48. The van der Waals surface area contributed by atoms with Crippen molar-refractivity contribution in [3.05, 3.63) is 75.3 Å². The van der Waals surface area contributed by atoms with E-state index in [9.17, 15) is 9.59 Å². The van der Waals surface area contributed by atoms with Gasteiger partial charge in [0, 0.05) is 11.6 Å². The lowest BCUT2D eigenvalue weighted by atomic mass is 10.1. The molecular weight excluding hydrogens is 502 g/mol. The number of H-pyrrole nitrogens is 1. The highest BCUT2D eigenvalue weighted by Gasteiger charge is 2.21. The molecule has 0 fully saturated rings. The van der Waals surface area contributed by atoms with Gasteiger partial charge >= 0.3 is 0 Å². The molecule has 2 N–H and O–H groups in total. The minimum absolute atomic E-state index is 0.118. The quantitative estimate of drug-likeness (QED) is 0.327. The first kappa shape index (κ1) is 25.5. The van der Waals surface area contributed by atoms with Gasteiger partial charge in [-0.2, -0.15) is 19.9 Å². The average molecular weight is 530 g/mol. The van der Waals surface area contributed by atoms with E-state index < -0.39 is 5.91 Å². The summed E-state index contributed by atoms with van der Waals surface area (Å²) in [6.45, 7) is 5.76. The van der Waals surface area contributed by atoms with Crippen molar-refractivity contribution in [1.29, 1.82) is 0 Å². The third kappa shape index (κ3) is 4.45. The van der Waals surface area contributed by atoms with Crippen molar-refractivity contribution in [3.63, 3.8) is 0 Å². The lowest BCUT2D eigenvalue weighted by molar-refractivity contribution is 0.102. The van der Waals surface area contributed by atoms with Crippen LogP contribution in [-0.4, -0.2) is 56.8 Å². The predicted octanol–water partition coefficient (Wildman–Crippen LogP) is 3.50. The molecule has 0 saturated carbocycles. The first-order valence-corrected chi connectivity index (χ1v) is 12.0. The Balaban J connectivity index is 1.57. The van der Waals surface area contributed by atoms with E-state index in [2.05, 4.69) is 25.5 Å². The van der Waals surface area contributed by atoms with Crippen LogP contribution in [0.4, 0.5) is 5.82 Å². The smallest absolute Gasteiger partial charge is 0.263 e. The van der Waals surface area contributed by atoms with Gasteiger partial charge in [0.1, 0.15) is 11.2 Å². The molecule has 200 valence electrons. The average Bonchev–Trinajstić information content (AvgIpc) is 3.52. The number of hydrogen-bond donors (Lipinski definition) is 2. The molecule has 3 aromatic heterocycles. The van der Waals surface area contributed by atoms with Gasteiger partial charge in [-0.3, -0.25) is 14.6 Å². The van der Waals surface area contributed by atoms with Crippen LogP contribution in [0.5, 0.6) is 17.2 Å². The zero-order valence-corrected chi connectivity index (χ0v) is 22.3. The molecular formula is C27H27N7O5. The van der Waals surface area contributed by atoms with Crippen LogP contribution in [0.2, 0.25) is 0 Å². The lowest BCUT2D eigenvalue weighted by Gasteiger charge is -2.14. The van der Waals surface area contributed by atoms with Crippen LogP contribution >= 0.6 is 0 Å². The van der Waals surface area contributed by atoms with Crippen molar-refractivity contribution in [2.75, 3.05) is 26.6 Å². The minimum atomic E-state index is -0.459. The standard InChI is InChI=1S/C27H27N7O5/c1-14-8-7-9-19(16(14)3)33-24-18(13-28-33)26(36)31-27(30-24)34-22(10-15(2)32-34)29-25(35)17-11-20(37-4)23(39-6)21(12-17)38-5/h7-13H,1-6H3,(H,29,35)(H,30,31,36). The summed E-state index contributed by atoms with van der Waals surface area (Å²) in [4.78, 5) is 33.7. The summed E-state index contributed by atoms with van der Waals surface area (Å²) in [5.41, 5.74) is 3.74. The zero-order chi connectivity index (χ0) is 27.8. The van der Waals surface area contributed by atoms with Gasteiger partial charge in [-0.1, -0.05) is 12.1 Å². The number of aromatic amines is 1. The second-order valence-corrected chi connectivity index (χ2v) is 8.85. The molecule has 0 spiro atoms. The number of carbonyl (C=O) groups is 1. The highest BCUT2D eigenvalue weighted by atomic mass is 16.5. The van der Waals surface area contributed by atoms with E-state index in [0.29, 0.717) is 39.8 Å². The summed E-state index contributed by atoms with van der Waals surface area (Å²) >= 11 is 0. The molecule has 0 atom stereocenters. The van der Waals surface area contributed by atoms with Gasteiger partial charge in [0.2, 0.25) is 11.7 Å². The number of methoxy groups -OCH3 is 3. The molecule has 39 heavy (non-hydrogen) atoms. The van der Waals surface area contributed by atoms with Crippen molar-refractivity contribution in [2.24, 2.45) is 0 Å². The van der Waals surface area contributed by atoms with Gasteiger partial charge in [-0.15, -0.1) is 0 Å². The monoisotopic (exact) mass is 529 g/mol. The van der Waals surface area contributed by atoms with Crippen LogP contribution < -0.4 is 25.1 Å². The molecule has 3 heterocycles. The fourth-order valence-corrected chi connectivity index (χ4v) is 4.30.